The highest BCUT2D eigenvalue weighted by Gasteiger charge is 2.20. The number of aromatic nitrogens is 1. The molecule has 1 aliphatic heterocycles. The summed E-state index contributed by atoms with van der Waals surface area (Å²) in [4.78, 5) is 16.2. The van der Waals surface area contributed by atoms with Crippen LogP contribution in [0.15, 0.2) is 54.4 Å². The number of pyridine rings is 1. The van der Waals surface area contributed by atoms with Gasteiger partial charge in [0.15, 0.2) is 17.5 Å². The van der Waals surface area contributed by atoms with Crippen LogP contribution in [0.25, 0.3) is 0 Å². The molecule has 2 aliphatic rings. The fourth-order valence-corrected chi connectivity index (χ4v) is 3.14. The Balaban J connectivity index is 1.56. The number of anilines is 2. The lowest BCUT2D eigenvalue weighted by atomic mass is 10.1. The fourth-order valence-electron chi connectivity index (χ4n) is 3.14. The number of nitrogens with zero attached hydrogens (tertiary/aromatic N) is 1. The Morgan fingerprint density at radius 2 is 2.04 bits per heavy atom. The van der Waals surface area contributed by atoms with E-state index < -0.39 is 0 Å². The average molecular weight is 354 g/mol. The first-order chi connectivity index (χ1) is 12.7. The van der Waals surface area contributed by atoms with Gasteiger partial charge in [-0.1, -0.05) is 25.7 Å². The van der Waals surface area contributed by atoms with Gasteiger partial charge in [-0.05, 0) is 43.2 Å². The summed E-state index contributed by atoms with van der Waals surface area (Å²) in [7, 11) is 0. The first kappa shape index (κ1) is 18.0. The summed E-state index contributed by atoms with van der Waals surface area (Å²) in [6.45, 7) is 0. The Kier molecular flexibility index (Phi) is 6.30. The second-order valence-electron chi connectivity index (χ2n) is 6.61. The van der Waals surface area contributed by atoms with E-state index in [-0.39, 0.29) is 5.78 Å². The number of nitrogens with one attached hydrogen (secondary N) is 2. The Morgan fingerprint density at radius 1 is 1.23 bits per heavy atom. The smallest absolute Gasteiger partial charge is 0.202 e. The van der Waals surface area contributed by atoms with Crippen LogP contribution < -0.4 is 16.4 Å². The Hall–Kier alpha value is -2.76. The molecule has 0 radical (unpaired) electrons. The van der Waals surface area contributed by atoms with Gasteiger partial charge in [-0.15, -0.1) is 0 Å². The average Bonchev–Trinajstić information content (AvgIpc) is 2.91. The van der Waals surface area contributed by atoms with E-state index >= 15 is 0 Å². The molecule has 6 nitrogen and oxygen atoms in total. The molecule has 1 aliphatic carbocycles. The number of hydrogen-bond acceptors (Lipinski definition) is 6. The van der Waals surface area contributed by atoms with Crippen LogP contribution in [0.4, 0.5) is 11.5 Å². The Labute approximate surface area is 154 Å². The molecule has 1 saturated carbocycles. The predicted molar refractivity (Wildman–Crippen MR) is 103 cm³/mol. The molecule has 0 bridgehead atoms. The molecule has 0 aromatic carbocycles. The third-order valence-electron chi connectivity index (χ3n) is 4.57. The Morgan fingerprint density at radius 3 is 2.81 bits per heavy atom. The third-order valence-corrected chi connectivity index (χ3v) is 4.57. The van der Waals surface area contributed by atoms with Crippen LogP contribution in [0.3, 0.4) is 0 Å². The second-order valence-corrected chi connectivity index (χ2v) is 6.61. The summed E-state index contributed by atoms with van der Waals surface area (Å²) < 4.78 is 5.76. The summed E-state index contributed by atoms with van der Waals surface area (Å²) in [5.74, 6) is 1.58. The summed E-state index contributed by atoms with van der Waals surface area (Å²) in [5, 5.41) is 6.44. The molecule has 0 atom stereocenters. The molecule has 1 aromatic rings. The molecule has 1 aromatic heterocycles. The number of rotatable bonds is 5. The van der Waals surface area contributed by atoms with Crippen molar-refractivity contribution in [3.63, 3.8) is 0 Å². The van der Waals surface area contributed by atoms with Crippen molar-refractivity contribution in [1.82, 2.24) is 10.3 Å². The maximum Gasteiger partial charge on any atom is 0.202 e. The number of hydrogen-bond donors (Lipinski definition) is 3. The number of allylic oxidation sites excluding steroid dienone is 4. The molecule has 0 unspecified atom stereocenters. The van der Waals surface area contributed by atoms with E-state index in [1.165, 1.54) is 25.7 Å². The summed E-state index contributed by atoms with van der Waals surface area (Å²) in [6.07, 6.45) is 16.3. The van der Waals surface area contributed by atoms with Gasteiger partial charge in [0, 0.05) is 24.9 Å². The molecule has 26 heavy (non-hydrogen) atoms. The van der Waals surface area contributed by atoms with E-state index in [0.29, 0.717) is 35.6 Å². The maximum atomic E-state index is 12.1. The molecule has 138 valence electrons. The van der Waals surface area contributed by atoms with Crippen LogP contribution in [0.1, 0.15) is 44.9 Å². The molecular formula is C20H26N4O2. The third kappa shape index (κ3) is 5.12. The van der Waals surface area contributed by atoms with Crippen LogP contribution in [0.5, 0.6) is 0 Å². The normalized spacial score (nSPS) is 20.5. The largest absolute Gasteiger partial charge is 0.438 e. The van der Waals surface area contributed by atoms with Gasteiger partial charge in [0.1, 0.15) is 0 Å². The van der Waals surface area contributed by atoms with Gasteiger partial charge in [0.05, 0.1) is 5.69 Å². The number of nitrogen functional groups attached to an aromatic ring is 1. The van der Waals surface area contributed by atoms with Crippen LogP contribution >= 0.6 is 0 Å². The molecule has 4 N–H and O–H groups in total. The van der Waals surface area contributed by atoms with Gasteiger partial charge in [0.25, 0.3) is 0 Å². The molecule has 1 fully saturated rings. The van der Waals surface area contributed by atoms with Crippen molar-refractivity contribution in [3.8, 4) is 0 Å². The minimum atomic E-state index is -0.0292. The van der Waals surface area contributed by atoms with Crippen molar-refractivity contribution in [2.75, 3.05) is 11.1 Å². The number of ketones is 1. The van der Waals surface area contributed by atoms with E-state index in [1.54, 1.807) is 36.7 Å². The maximum absolute atomic E-state index is 12.1. The minimum Gasteiger partial charge on any atom is -0.438 e. The first-order valence-electron chi connectivity index (χ1n) is 9.24. The lowest BCUT2D eigenvalue weighted by Crippen LogP contribution is -2.31. The molecule has 0 saturated heterocycles. The highest BCUT2D eigenvalue weighted by atomic mass is 16.5. The van der Waals surface area contributed by atoms with Gasteiger partial charge in [0.2, 0.25) is 5.78 Å². The van der Waals surface area contributed by atoms with Crippen LogP contribution in [-0.2, 0) is 9.53 Å². The standard InChI is InChI=1S/C20H26N4O2/c21-16-9-5-13-22-20(16)23-14-6-10-18-17(25)11-12-19(26-18)24-15-7-3-1-2-4-8-15/h5-6,9-10,12-15,24H,1-4,7-8,11,21H2,(H,22,23)/b14-6+,18-10-. The van der Waals surface area contributed by atoms with E-state index in [2.05, 4.69) is 15.6 Å². The lowest BCUT2D eigenvalue weighted by Gasteiger charge is -2.23. The van der Waals surface area contributed by atoms with E-state index in [4.69, 9.17) is 10.5 Å². The molecular weight excluding hydrogens is 328 g/mol. The van der Waals surface area contributed by atoms with Gasteiger partial charge in [-0.25, -0.2) is 4.98 Å². The number of ether oxygens (including phenoxy) is 1. The highest BCUT2D eigenvalue weighted by molar-refractivity contribution is 5.95. The van der Waals surface area contributed by atoms with Crippen molar-refractivity contribution in [2.45, 2.75) is 51.0 Å². The molecule has 6 heteroatoms. The van der Waals surface area contributed by atoms with Gasteiger partial charge in [-0.2, -0.15) is 0 Å². The number of Topliss-reactive ketones (excluding diaryl/α,β-unsaturated/α-hetero) is 1. The van der Waals surface area contributed by atoms with Crippen LogP contribution in [0, 0.1) is 0 Å². The topological polar surface area (TPSA) is 89.3 Å². The SMILES string of the molecule is Nc1cccnc1N/C=C/C=C1\OC(NC2CCCCCC2)=CCC1=O. The predicted octanol–water partition coefficient (Wildman–Crippen LogP) is 3.62. The van der Waals surface area contributed by atoms with Crippen molar-refractivity contribution in [2.24, 2.45) is 0 Å². The van der Waals surface area contributed by atoms with E-state index in [0.717, 1.165) is 12.8 Å². The highest BCUT2D eigenvalue weighted by Crippen LogP contribution is 2.21. The van der Waals surface area contributed by atoms with Gasteiger partial charge >= 0.3 is 0 Å². The molecule has 0 amide bonds. The summed E-state index contributed by atoms with van der Waals surface area (Å²) in [6, 6.07) is 3.98. The van der Waals surface area contributed by atoms with Crippen molar-refractivity contribution in [1.29, 1.82) is 0 Å². The zero-order valence-electron chi connectivity index (χ0n) is 14.9. The van der Waals surface area contributed by atoms with E-state index in [9.17, 15) is 4.79 Å². The monoisotopic (exact) mass is 354 g/mol. The van der Waals surface area contributed by atoms with Gasteiger partial charge < -0.3 is 21.1 Å². The molecule has 3 rings (SSSR count). The molecule has 0 spiro atoms. The molecule has 2 heterocycles. The lowest BCUT2D eigenvalue weighted by molar-refractivity contribution is -0.118. The van der Waals surface area contributed by atoms with Crippen LogP contribution in [-0.4, -0.2) is 16.8 Å². The number of carbonyl (C=O) groups excluding carboxylic acids is 1. The zero-order valence-corrected chi connectivity index (χ0v) is 14.9. The fraction of sp³-hybridized carbons (Fsp3) is 0.400. The Bertz CT molecular complexity index is 716. The van der Waals surface area contributed by atoms with E-state index in [1.807, 2.05) is 6.08 Å². The zero-order chi connectivity index (χ0) is 18.2. The van der Waals surface area contributed by atoms with Crippen LogP contribution in [0.2, 0.25) is 0 Å². The summed E-state index contributed by atoms with van der Waals surface area (Å²) >= 11 is 0. The second kappa shape index (κ2) is 9.08. The van der Waals surface area contributed by atoms with Crippen molar-refractivity contribution in [3.05, 3.63) is 54.4 Å². The quantitative estimate of drug-likeness (QED) is 0.553. The van der Waals surface area contributed by atoms with Crippen molar-refractivity contribution >= 4 is 17.3 Å². The number of nitrogens with two attached hydrogens (primary N) is 1. The summed E-state index contributed by atoms with van der Waals surface area (Å²) in [5.41, 5.74) is 6.38. The first-order valence-corrected chi connectivity index (χ1v) is 9.24. The van der Waals surface area contributed by atoms with Gasteiger partial charge in [-0.3, -0.25) is 4.79 Å². The number of carbonyl (C=O) groups is 1. The minimum absolute atomic E-state index is 0.0292. The van der Waals surface area contributed by atoms with Crippen molar-refractivity contribution < 1.29 is 9.53 Å².